The molecule has 0 bridgehead atoms. The van der Waals surface area contributed by atoms with E-state index in [4.69, 9.17) is 0 Å². The molecule has 1 aromatic carbocycles. The van der Waals surface area contributed by atoms with Crippen molar-refractivity contribution in [3.63, 3.8) is 0 Å². The van der Waals surface area contributed by atoms with Crippen molar-refractivity contribution in [2.45, 2.75) is 49.2 Å². The molecule has 1 heterocycles. The largest absolute Gasteiger partial charge is 0.354 e. The number of pyridine rings is 1. The third kappa shape index (κ3) is 4.75. The van der Waals surface area contributed by atoms with E-state index in [1.807, 2.05) is 6.92 Å². The Morgan fingerprint density at radius 2 is 1.85 bits per heavy atom. The van der Waals surface area contributed by atoms with Crippen molar-refractivity contribution in [3.8, 4) is 0 Å². The molecule has 0 radical (unpaired) electrons. The lowest BCUT2D eigenvalue weighted by atomic mass is 9.88. The summed E-state index contributed by atoms with van der Waals surface area (Å²) in [4.78, 5) is 16.8. The SMILES string of the molecule is Cc1ccc(S(=O)(=O)[C@@H](CNC(=O)C2CCCCC2)c2cccnc2)cc1. The fourth-order valence-corrected chi connectivity index (χ4v) is 5.21. The van der Waals surface area contributed by atoms with E-state index in [0.29, 0.717) is 5.56 Å². The highest BCUT2D eigenvalue weighted by Crippen LogP contribution is 2.29. The van der Waals surface area contributed by atoms with E-state index < -0.39 is 15.1 Å². The first-order valence-electron chi connectivity index (χ1n) is 9.46. The van der Waals surface area contributed by atoms with Crippen molar-refractivity contribution in [1.29, 1.82) is 0 Å². The fourth-order valence-electron chi connectivity index (χ4n) is 3.57. The second-order valence-corrected chi connectivity index (χ2v) is 9.34. The van der Waals surface area contributed by atoms with Crippen LogP contribution in [0.25, 0.3) is 0 Å². The van der Waals surface area contributed by atoms with Gasteiger partial charge in [-0.25, -0.2) is 8.42 Å². The van der Waals surface area contributed by atoms with Crippen LogP contribution in [0.1, 0.15) is 48.5 Å². The summed E-state index contributed by atoms with van der Waals surface area (Å²) in [5, 5.41) is 2.03. The standard InChI is InChI=1S/C21H26N2O3S/c1-16-9-11-19(12-10-16)27(25,26)20(18-8-5-13-22-14-18)15-23-21(24)17-6-3-2-4-7-17/h5,8-14,17,20H,2-4,6-7,15H2,1H3,(H,23,24)/t20-/m0/s1. The predicted octanol–water partition coefficient (Wildman–Crippen LogP) is 3.60. The van der Waals surface area contributed by atoms with Crippen LogP contribution in [0.3, 0.4) is 0 Å². The third-order valence-electron chi connectivity index (χ3n) is 5.22. The quantitative estimate of drug-likeness (QED) is 0.823. The van der Waals surface area contributed by atoms with Gasteiger partial charge in [0.15, 0.2) is 9.84 Å². The monoisotopic (exact) mass is 386 g/mol. The van der Waals surface area contributed by atoms with Gasteiger partial charge in [0, 0.05) is 24.9 Å². The molecule has 0 aliphatic heterocycles. The van der Waals surface area contributed by atoms with Gasteiger partial charge in [0.05, 0.1) is 4.90 Å². The summed E-state index contributed by atoms with van der Waals surface area (Å²) in [5.41, 5.74) is 1.58. The van der Waals surface area contributed by atoms with Gasteiger partial charge in [-0.15, -0.1) is 0 Å². The summed E-state index contributed by atoms with van der Waals surface area (Å²) in [6.07, 6.45) is 8.23. The molecule has 144 valence electrons. The molecule has 3 rings (SSSR count). The van der Waals surface area contributed by atoms with Crippen LogP contribution in [0, 0.1) is 12.8 Å². The van der Waals surface area contributed by atoms with E-state index in [2.05, 4.69) is 10.3 Å². The number of benzene rings is 1. The first-order chi connectivity index (χ1) is 13.0. The molecule has 0 saturated heterocycles. The van der Waals surface area contributed by atoms with Crippen LogP contribution < -0.4 is 5.32 Å². The molecule has 1 N–H and O–H groups in total. The van der Waals surface area contributed by atoms with Gasteiger partial charge in [0.25, 0.3) is 0 Å². The molecule has 1 aromatic heterocycles. The van der Waals surface area contributed by atoms with E-state index >= 15 is 0 Å². The lowest BCUT2D eigenvalue weighted by Gasteiger charge is -2.23. The summed E-state index contributed by atoms with van der Waals surface area (Å²) in [6, 6.07) is 10.3. The Kier molecular flexibility index (Phi) is 6.26. The van der Waals surface area contributed by atoms with Crippen molar-refractivity contribution in [2.24, 2.45) is 5.92 Å². The first-order valence-corrected chi connectivity index (χ1v) is 11.0. The molecule has 6 heteroatoms. The third-order valence-corrected chi connectivity index (χ3v) is 7.34. The number of rotatable bonds is 6. The Morgan fingerprint density at radius 1 is 1.15 bits per heavy atom. The van der Waals surface area contributed by atoms with Crippen LogP contribution >= 0.6 is 0 Å². The number of amides is 1. The number of aromatic nitrogens is 1. The topological polar surface area (TPSA) is 76.1 Å². The molecule has 1 saturated carbocycles. The molecule has 2 aromatic rings. The Hall–Kier alpha value is -2.21. The molecule has 5 nitrogen and oxygen atoms in total. The molecule has 1 aliphatic rings. The maximum absolute atomic E-state index is 13.3. The Morgan fingerprint density at radius 3 is 2.48 bits per heavy atom. The van der Waals surface area contributed by atoms with E-state index in [1.165, 1.54) is 6.42 Å². The normalized spacial score (nSPS) is 16.6. The second kappa shape index (κ2) is 8.65. The molecular formula is C21H26N2O3S. The number of nitrogens with one attached hydrogen (secondary N) is 1. The smallest absolute Gasteiger partial charge is 0.223 e. The van der Waals surface area contributed by atoms with Crippen molar-refractivity contribution in [2.75, 3.05) is 6.54 Å². The summed E-state index contributed by atoms with van der Waals surface area (Å²) >= 11 is 0. The Bertz CT molecular complexity index is 858. The van der Waals surface area contributed by atoms with Crippen LogP contribution in [0.5, 0.6) is 0 Å². The van der Waals surface area contributed by atoms with E-state index in [9.17, 15) is 13.2 Å². The average molecular weight is 387 g/mol. The number of sulfone groups is 1. The Balaban J connectivity index is 1.83. The van der Waals surface area contributed by atoms with Gasteiger partial charge in [-0.05, 0) is 43.5 Å². The minimum absolute atomic E-state index is 0.00428. The second-order valence-electron chi connectivity index (χ2n) is 7.21. The number of nitrogens with zero attached hydrogens (tertiary/aromatic N) is 1. The van der Waals surface area contributed by atoms with Crippen molar-refractivity contribution < 1.29 is 13.2 Å². The molecule has 1 fully saturated rings. The van der Waals surface area contributed by atoms with Crippen LogP contribution in [0.2, 0.25) is 0 Å². The minimum atomic E-state index is -3.65. The molecule has 27 heavy (non-hydrogen) atoms. The predicted molar refractivity (Wildman–Crippen MR) is 105 cm³/mol. The van der Waals surface area contributed by atoms with Gasteiger partial charge in [-0.1, -0.05) is 43.0 Å². The highest BCUT2D eigenvalue weighted by Gasteiger charge is 2.31. The Labute approximate surface area is 161 Å². The number of hydrogen-bond donors (Lipinski definition) is 1. The van der Waals surface area contributed by atoms with Gasteiger partial charge >= 0.3 is 0 Å². The fraction of sp³-hybridized carbons (Fsp3) is 0.429. The summed E-state index contributed by atoms with van der Waals surface area (Å²) in [6.45, 7) is 1.97. The van der Waals surface area contributed by atoms with Crippen LogP contribution in [-0.4, -0.2) is 25.9 Å². The zero-order valence-electron chi connectivity index (χ0n) is 15.6. The minimum Gasteiger partial charge on any atom is -0.354 e. The number of hydrogen-bond acceptors (Lipinski definition) is 4. The molecule has 1 atom stereocenters. The van der Waals surface area contributed by atoms with Gasteiger partial charge in [0.1, 0.15) is 5.25 Å². The van der Waals surface area contributed by atoms with E-state index in [0.717, 1.165) is 31.2 Å². The molecule has 1 amide bonds. The highest BCUT2D eigenvalue weighted by atomic mass is 32.2. The molecular weight excluding hydrogens is 360 g/mol. The summed E-state index contributed by atoms with van der Waals surface area (Å²) in [5.74, 6) is -0.0435. The van der Waals surface area contributed by atoms with Crippen LogP contribution in [0.15, 0.2) is 53.7 Å². The van der Waals surface area contributed by atoms with E-state index in [-0.39, 0.29) is 23.3 Å². The molecule has 0 unspecified atom stereocenters. The zero-order chi connectivity index (χ0) is 19.3. The maximum atomic E-state index is 13.3. The van der Waals surface area contributed by atoms with E-state index in [1.54, 1.807) is 48.8 Å². The van der Waals surface area contributed by atoms with Gasteiger partial charge in [-0.3, -0.25) is 9.78 Å². The van der Waals surface area contributed by atoms with Crippen molar-refractivity contribution in [3.05, 3.63) is 59.9 Å². The lowest BCUT2D eigenvalue weighted by Crippen LogP contribution is -2.36. The van der Waals surface area contributed by atoms with Gasteiger partial charge < -0.3 is 5.32 Å². The number of carbonyl (C=O) groups is 1. The number of aryl methyl sites for hydroxylation is 1. The summed E-state index contributed by atoms with van der Waals surface area (Å²) in [7, 11) is -3.65. The highest BCUT2D eigenvalue weighted by molar-refractivity contribution is 7.91. The average Bonchev–Trinajstić information content (AvgIpc) is 2.69. The molecule has 0 spiro atoms. The number of carbonyl (C=O) groups excluding carboxylic acids is 1. The van der Waals surface area contributed by atoms with Gasteiger partial charge in [-0.2, -0.15) is 0 Å². The van der Waals surface area contributed by atoms with Crippen molar-refractivity contribution >= 4 is 15.7 Å². The van der Waals surface area contributed by atoms with Gasteiger partial charge in [0.2, 0.25) is 5.91 Å². The maximum Gasteiger partial charge on any atom is 0.223 e. The lowest BCUT2D eigenvalue weighted by molar-refractivity contribution is -0.125. The van der Waals surface area contributed by atoms with Crippen LogP contribution in [0.4, 0.5) is 0 Å². The molecule has 1 aliphatic carbocycles. The van der Waals surface area contributed by atoms with Crippen molar-refractivity contribution in [1.82, 2.24) is 10.3 Å². The first kappa shape index (κ1) is 19.5. The van der Waals surface area contributed by atoms with Crippen LogP contribution in [-0.2, 0) is 14.6 Å². The summed E-state index contributed by atoms with van der Waals surface area (Å²) < 4.78 is 26.5. The zero-order valence-corrected chi connectivity index (χ0v) is 16.4.